The van der Waals surface area contributed by atoms with E-state index in [0.717, 1.165) is 19.3 Å². The molecule has 1 fully saturated rings. The summed E-state index contributed by atoms with van der Waals surface area (Å²) in [6, 6.07) is 6.36. The highest BCUT2D eigenvalue weighted by molar-refractivity contribution is 6.00. The molecule has 0 amide bonds. The minimum absolute atomic E-state index is 0.000813. The van der Waals surface area contributed by atoms with Gasteiger partial charge in [-0.25, -0.2) is 0 Å². The number of aryl methyl sites for hydroxylation is 3. The average molecular weight is 445 g/mol. The fourth-order valence-electron chi connectivity index (χ4n) is 5.25. The van der Waals surface area contributed by atoms with Crippen LogP contribution in [0.4, 0.5) is 0 Å². The molecule has 1 saturated carbocycles. The molecule has 4 atom stereocenters. The van der Waals surface area contributed by atoms with Crippen LogP contribution in [0.2, 0.25) is 0 Å². The predicted molar refractivity (Wildman–Crippen MR) is 133 cm³/mol. The third-order valence-corrected chi connectivity index (χ3v) is 7.39. The summed E-state index contributed by atoms with van der Waals surface area (Å²) in [7, 11) is 0. The van der Waals surface area contributed by atoms with Gasteiger partial charge in [-0.3, -0.25) is 14.4 Å². The molecule has 0 heterocycles. The van der Waals surface area contributed by atoms with E-state index in [1.54, 1.807) is 0 Å². The van der Waals surface area contributed by atoms with Crippen molar-refractivity contribution < 1.29 is 14.4 Å². The van der Waals surface area contributed by atoms with E-state index in [1.807, 2.05) is 13.0 Å². The highest BCUT2D eigenvalue weighted by atomic mass is 16.1. The summed E-state index contributed by atoms with van der Waals surface area (Å²) in [5, 5.41) is 0. The average Bonchev–Trinajstić information content (AvgIpc) is 3.29. The van der Waals surface area contributed by atoms with Crippen LogP contribution in [-0.4, -0.2) is 17.3 Å². The summed E-state index contributed by atoms with van der Waals surface area (Å²) in [6.07, 6.45) is 16.2. The Morgan fingerprint density at radius 3 is 2.61 bits per heavy atom. The van der Waals surface area contributed by atoms with Crippen LogP contribution >= 0.6 is 0 Å². The summed E-state index contributed by atoms with van der Waals surface area (Å²) in [4.78, 5) is 39.7. The zero-order chi connectivity index (χ0) is 24.0. The van der Waals surface area contributed by atoms with E-state index < -0.39 is 5.92 Å². The van der Waals surface area contributed by atoms with Crippen molar-refractivity contribution >= 4 is 17.3 Å². The Hall–Kier alpha value is -2.73. The number of benzene rings is 1. The number of hydrogen-bond donors (Lipinski definition) is 0. The summed E-state index contributed by atoms with van der Waals surface area (Å²) in [6.45, 7) is 5.98. The molecule has 2 aliphatic carbocycles. The number of hydrogen-bond acceptors (Lipinski definition) is 3. The van der Waals surface area contributed by atoms with Crippen molar-refractivity contribution in [2.75, 3.05) is 0 Å². The molecular weight excluding hydrogens is 408 g/mol. The van der Waals surface area contributed by atoms with Crippen molar-refractivity contribution in [1.82, 2.24) is 0 Å². The molecular formula is C30H36O3. The Morgan fingerprint density at radius 1 is 1.15 bits per heavy atom. The number of rotatable bonds is 10. The largest absolute Gasteiger partial charge is 0.299 e. The summed E-state index contributed by atoms with van der Waals surface area (Å²) in [5.74, 6) is 1.33. The van der Waals surface area contributed by atoms with Gasteiger partial charge >= 0.3 is 0 Å². The zero-order valence-corrected chi connectivity index (χ0v) is 20.2. The maximum atomic E-state index is 13.6. The van der Waals surface area contributed by atoms with Crippen molar-refractivity contribution in [3.05, 3.63) is 58.7 Å². The molecule has 4 unspecified atom stereocenters. The summed E-state index contributed by atoms with van der Waals surface area (Å²) < 4.78 is 0. The second-order valence-corrected chi connectivity index (χ2v) is 9.93. The molecule has 3 rings (SSSR count). The Kier molecular flexibility index (Phi) is 8.61. The van der Waals surface area contributed by atoms with Gasteiger partial charge in [0.2, 0.25) is 0 Å². The number of ketones is 3. The maximum absolute atomic E-state index is 13.6. The lowest BCUT2D eigenvalue weighted by atomic mass is 9.67. The fourth-order valence-corrected chi connectivity index (χ4v) is 5.25. The molecule has 33 heavy (non-hydrogen) atoms. The van der Waals surface area contributed by atoms with Gasteiger partial charge in [0.15, 0.2) is 0 Å². The molecule has 3 nitrogen and oxygen atoms in total. The Labute approximate surface area is 198 Å². The van der Waals surface area contributed by atoms with Crippen molar-refractivity contribution in [1.29, 1.82) is 0 Å². The van der Waals surface area contributed by atoms with E-state index in [0.29, 0.717) is 25.7 Å². The number of allylic oxidation sites excluding steroid dienone is 4. The van der Waals surface area contributed by atoms with Crippen molar-refractivity contribution in [2.45, 2.75) is 72.1 Å². The lowest BCUT2D eigenvalue weighted by Gasteiger charge is -2.34. The molecule has 0 radical (unpaired) electrons. The molecule has 0 aromatic heterocycles. The minimum Gasteiger partial charge on any atom is -0.299 e. The molecule has 1 aromatic carbocycles. The third-order valence-electron chi connectivity index (χ3n) is 7.39. The van der Waals surface area contributed by atoms with Crippen LogP contribution in [0.15, 0.2) is 42.0 Å². The molecule has 1 aromatic rings. The van der Waals surface area contributed by atoms with Gasteiger partial charge in [0.1, 0.15) is 17.3 Å². The fraction of sp³-hybridized carbons (Fsp3) is 0.500. The lowest BCUT2D eigenvalue weighted by molar-refractivity contribution is -0.144. The van der Waals surface area contributed by atoms with Crippen LogP contribution in [0.25, 0.3) is 0 Å². The van der Waals surface area contributed by atoms with Crippen LogP contribution in [0.3, 0.4) is 0 Å². The third kappa shape index (κ3) is 6.41. The standard InChI is InChI=1S/C30H36O3/c1-5-8-21(3)28(31)19-27-26(16-12-23-9-6-7-10-23)29(32)18-25(30(27)33)15-14-24-13-11-20(2)17-22(24)4/h1,6-7,9,11,13,17,21,25-27H,8,10,12,14-16,18-19H2,2-4H3. The van der Waals surface area contributed by atoms with Gasteiger partial charge in [0.05, 0.1) is 0 Å². The number of terminal acetylenes is 1. The van der Waals surface area contributed by atoms with Crippen LogP contribution < -0.4 is 0 Å². The highest BCUT2D eigenvalue weighted by Crippen LogP contribution is 2.38. The summed E-state index contributed by atoms with van der Waals surface area (Å²) >= 11 is 0. The molecule has 0 N–H and O–H groups in total. The van der Waals surface area contributed by atoms with Crippen LogP contribution in [-0.2, 0) is 20.8 Å². The van der Waals surface area contributed by atoms with Crippen molar-refractivity contribution in [3.63, 3.8) is 0 Å². The quantitative estimate of drug-likeness (QED) is 0.422. The van der Waals surface area contributed by atoms with Crippen molar-refractivity contribution in [2.24, 2.45) is 23.7 Å². The molecule has 0 bridgehead atoms. The number of Topliss-reactive ketones (excluding diaryl/α,β-unsaturated/α-hetero) is 3. The Morgan fingerprint density at radius 2 is 1.94 bits per heavy atom. The first-order chi connectivity index (χ1) is 15.8. The van der Waals surface area contributed by atoms with E-state index in [2.05, 4.69) is 50.1 Å². The van der Waals surface area contributed by atoms with Gasteiger partial charge in [-0.15, -0.1) is 12.3 Å². The predicted octanol–water partition coefficient (Wildman–Crippen LogP) is 5.91. The molecule has 174 valence electrons. The first-order valence-corrected chi connectivity index (χ1v) is 12.2. The van der Waals surface area contributed by atoms with Gasteiger partial charge in [-0.2, -0.15) is 0 Å². The van der Waals surface area contributed by atoms with Gasteiger partial charge in [-0.05, 0) is 57.1 Å². The van der Waals surface area contributed by atoms with Crippen LogP contribution in [0.1, 0.15) is 68.6 Å². The lowest BCUT2D eigenvalue weighted by Crippen LogP contribution is -2.42. The van der Waals surface area contributed by atoms with Gasteiger partial charge in [0.25, 0.3) is 0 Å². The van der Waals surface area contributed by atoms with Crippen molar-refractivity contribution in [3.8, 4) is 12.3 Å². The zero-order valence-electron chi connectivity index (χ0n) is 20.2. The molecule has 2 aliphatic rings. The van der Waals surface area contributed by atoms with E-state index in [-0.39, 0.29) is 41.5 Å². The highest BCUT2D eigenvalue weighted by Gasteiger charge is 2.43. The monoisotopic (exact) mass is 444 g/mol. The molecule has 3 heteroatoms. The second kappa shape index (κ2) is 11.4. The Balaban J connectivity index is 1.73. The minimum atomic E-state index is -0.516. The van der Waals surface area contributed by atoms with Crippen LogP contribution in [0, 0.1) is 49.9 Å². The topological polar surface area (TPSA) is 51.2 Å². The Bertz CT molecular complexity index is 1000. The molecule has 0 saturated heterocycles. The smallest absolute Gasteiger partial charge is 0.140 e. The van der Waals surface area contributed by atoms with E-state index in [9.17, 15) is 14.4 Å². The number of carbonyl (C=O) groups is 3. The summed E-state index contributed by atoms with van der Waals surface area (Å²) in [5.41, 5.74) is 4.95. The van der Waals surface area contributed by atoms with E-state index >= 15 is 0 Å². The number of carbonyl (C=O) groups excluding carboxylic acids is 3. The van der Waals surface area contributed by atoms with Gasteiger partial charge < -0.3 is 0 Å². The van der Waals surface area contributed by atoms with Crippen LogP contribution in [0.5, 0.6) is 0 Å². The molecule has 0 aliphatic heterocycles. The first-order valence-electron chi connectivity index (χ1n) is 12.2. The van der Waals surface area contributed by atoms with Gasteiger partial charge in [-0.1, -0.05) is 54.5 Å². The SMILES string of the molecule is C#CCC(C)C(=O)CC1C(=O)C(CCc2ccc(C)cc2C)CC(=O)C1CCC1=CC=CC1. The second-order valence-electron chi connectivity index (χ2n) is 9.93. The first kappa shape index (κ1) is 24.9. The van der Waals surface area contributed by atoms with E-state index in [1.165, 1.54) is 22.3 Å². The van der Waals surface area contributed by atoms with E-state index in [4.69, 9.17) is 6.42 Å². The normalized spacial score (nSPS) is 23.3. The molecule has 0 spiro atoms. The van der Waals surface area contributed by atoms with Gasteiger partial charge in [0, 0.05) is 42.9 Å². The maximum Gasteiger partial charge on any atom is 0.140 e.